The Kier molecular flexibility index (Phi) is 4.21. The zero-order valence-corrected chi connectivity index (χ0v) is 11.2. The molecule has 1 unspecified atom stereocenters. The molecule has 0 saturated heterocycles. The summed E-state index contributed by atoms with van der Waals surface area (Å²) in [7, 11) is 0. The van der Waals surface area contributed by atoms with Crippen molar-refractivity contribution in [1.29, 1.82) is 0 Å². The molecule has 0 amide bonds. The van der Waals surface area contributed by atoms with E-state index in [1.54, 1.807) is 12.3 Å². The number of pyridine rings is 1. The molecule has 1 aromatic heterocycles. The largest absolute Gasteiger partial charge is 0.388 e. The molecule has 19 heavy (non-hydrogen) atoms. The van der Waals surface area contributed by atoms with Crippen LogP contribution in [0.1, 0.15) is 17.2 Å². The lowest BCUT2D eigenvalue weighted by Gasteiger charge is -2.12. The van der Waals surface area contributed by atoms with Crippen LogP contribution in [0.25, 0.3) is 0 Å². The van der Waals surface area contributed by atoms with Gasteiger partial charge in [0.1, 0.15) is 5.82 Å². The van der Waals surface area contributed by atoms with Gasteiger partial charge >= 0.3 is 0 Å². The van der Waals surface area contributed by atoms with Gasteiger partial charge in [-0.15, -0.1) is 0 Å². The molecular formula is C13H9BrF3NO. The third-order valence-corrected chi connectivity index (χ3v) is 3.02. The summed E-state index contributed by atoms with van der Waals surface area (Å²) in [5, 5.41) is 9.89. The second kappa shape index (κ2) is 5.71. The van der Waals surface area contributed by atoms with Crippen molar-refractivity contribution < 1.29 is 18.3 Å². The molecule has 1 heterocycles. The van der Waals surface area contributed by atoms with E-state index in [0.29, 0.717) is 22.2 Å². The van der Waals surface area contributed by atoms with Crippen molar-refractivity contribution in [2.24, 2.45) is 0 Å². The Balaban J connectivity index is 2.25. The number of aromatic nitrogens is 1. The minimum absolute atomic E-state index is 0.0500. The van der Waals surface area contributed by atoms with Gasteiger partial charge in [0.25, 0.3) is 0 Å². The van der Waals surface area contributed by atoms with Crippen LogP contribution in [0.5, 0.6) is 0 Å². The first-order valence-electron chi connectivity index (χ1n) is 5.39. The average molecular weight is 332 g/mol. The summed E-state index contributed by atoms with van der Waals surface area (Å²) in [6.07, 6.45) is 1.85. The monoisotopic (exact) mass is 331 g/mol. The second-order valence-electron chi connectivity index (χ2n) is 4.02. The highest BCUT2D eigenvalue weighted by Crippen LogP contribution is 2.24. The van der Waals surface area contributed by atoms with Gasteiger partial charge in [-0.25, -0.2) is 13.2 Å². The Morgan fingerprint density at radius 1 is 1.05 bits per heavy atom. The van der Waals surface area contributed by atoms with Gasteiger partial charge in [-0.2, -0.15) is 0 Å². The Bertz CT molecular complexity index is 606. The normalized spacial score (nSPS) is 12.5. The van der Waals surface area contributed by atoms with E-state index in [0.717, 1.165) is 0 Å². The Morgan fingerprint density at radius 2 is 1.74 bits per heavy atom. The van der Waals surface area contributed by atoms with E-state index >= 15 is 0 Å². The molecule has 100 valence electrons. The minimum Gasteiger partial charge on any atom is -0.388 e. The number of aliphatic hydroxyl groups excluding tert-OH is 1. The molecule has 1 N–H and O–H groups in total. The molecule has 0 aliphatic rings. The molecule has 0 radical (unpaired) electrons. The average Bonchev–Trinajstić information content (AvgIpc) is 2.33. The SMILES string of the molecule is OC(Cc1cncc(Br)c1)c1cc(F)c(F)cc1F. The molecular weight excluding hydrogens is 323 g/mol. The molecule has 6 heteroatoms. The molecule has 0 aliphatic heterocycles. The number of aliphatic hydroxyl groups is 1. The van der Waals surface area contributed by atoms with Gasteiger partial charge in [-0.05, 0) is 33.6 Å². The van der Waals surface area contributed by atoms with Gasteiger partial charge in [0, 0.05) is 34.9 Å². The van der Waals surface area contributed by atoms with Crippen LogP contribution in [0, 0.1) is 17.5 Å². The lowest BCUT2D eigenvalue weighted by atomic mass is 10.0. The van der Waals surface area contributed by atoms with Gasteiger partial charge < -0.3 is 5.11 Å². The molecule has 2 nitrogen and oxygen atoms in total. The van der Waals surface area contributed by atoms with E-state index in [2.05, 4.69) is 20.9 Å². The number of rotatable bonds is 3. The molecule has 2 aromatic rings. The molecule has 1 aromatic carbocycles. The fourth-order valence-electron chi connectivity index (χ4n) is 1.69. The van der Waals surface area contributed by atoms with E-state index in [4.69, 9.17) is 0 Å². The van der Waals surface area contributed by atoms with Crippen LogP contribution in [-0.4, -0.2) is 10.1 Å². The van der Waals surface area contributed by atoms with Gasteiger partial charge in [0.05, 0.1) is 6.10 Å². The first-order valence-corrected chi connectivity index (χ1v) is 6.18. The summed E-state index contributed by atoms with van der Waals surface area (Å²) in [6, 6.07) is 2.79. The van der Waals surface area contributed by atoms with Crippen LogP contribution < -0.4 is 0 Å². The van der Waals surface area contributed by atoms with E-state index in [1.807, 2.05) is 0 Å². The molecule has 1 atom stereocenters. The molecule has 2 rings (SSSR count). The van der Waals surface area contributed by atoms with Crippen molar-refractivity contribution in [1.82, 2.24) is 4.98 Å². The quantitative estimate of drug-likeness (QED) is 0.873. The van der Waals surface area contributed by atoms with E-state index in [-0.39, 0.29) is 12.0 Å². The Hall–Kier alpha value is -1.40. The summed E-state index contributed by atoms with van der Waals surface area (Å²) in [5.41, 5.74) is 0.366. The van der Waals surface area contributed by atoms with Crippen molar-refractivity contribution in [2.45, 2.75) is 12.5 Å². The van der Waals surface area contributed by atoms with Gasteiger partial charge in [0.2, 0.25) is 0 Å². The van der Waals surface area contributed by atoms with Crippen LogP contribution in [0.2, 0.25) is 0 Å². The number of hydrogen-bond donors (Lipinski definition) is 1. The maximum atomic E-state index is 13.5. The van der Waals surface area contributed by atoms with Crippen LogP contribution in [-0.2, 0) is 6.42 Å². The number of nitrogens with zero attached hydrogens (tertiary/aromatic N) is 1. The highest BCUT2D eigenvalue weighted by atomic mass is 79.9. The minimum atomic E-state index is -1.28. The fourth-order valence-corrected chi connectivity index (χ4v) is 2.11. The van der Waals surface area contributed by atoms with Crippen molar-refractivity contribution in [3.05, 3.63) is 63.6 Å². The van der Waals surface area contributed by atoms with Crippen LogP contribution in [0.4, 0.5) is 13.2 Å². The lowest BCUT2D eigenvalue weighted by Crippen LogP contribution is -2.06. The number of halogens is 4. The van der Waals surface area contributed by atoms with E-state index in [1.165, 1.54) is 6.20 Å². The van der Waals surface area contributed by atoms with Crippen LogP contribution in [0.15, 0.2) is 35.1 Å². The van der Waals surface area contributed by atoms with E-state index < -0.39 is 23.6 Å². The van der Waals surface area contributed by atoms with Crippen molar-refractivity contribution in [3.8, 4) is 0 Å². The first kappa shape index (κ1) is 14.0. The third kappa shape index (κ3) is 3.33. The summed E-state index contributed by atoms with van der Waals surface area (Å²) in [4.78, 5) is 3.90. The third-order valence-electron chi connectivity index (χ3n) is 2.59. The molecule has 0 aliphatic carbocycles. The molecule has 0 bridgehead atoms. The molecule has 0 saturated carbocycles. The predicted molar refractivity (Wildman–Crippen MR) is 66.9 cm³/mol. The second-order valence-corrected chi connectivity index (χ2v) is 4.93. The zero-order valence-electron chi connectivity index (χ0n) is 9.58. The van der Waals surface area contributed by atoms with Crippen LogP contribution in [0.3, 0.4) is 0 Å². The lowest BCUT2D eigenvalue weighted by molar-refractivity contribution is 0.172. The van der Waals surface area contributed by atoms with Gasteiger partial charge in [0.15, 0.2) is 11.6 Å². The smallest absolute Gasteiger partial charge is 0.161 e. The van der Waals surface area contributed by atoms with E-state index in [9.17, 15) is 18.3 Å². The standard InChI is InChI=1S/C13H9BrF3NO/c14-8-1-7(5-18-6-8)2-13(19)9-3-11(16)12(17)4-10(9)15/h1,3-6,13,19H,2H2. The summed E-state index contributed by atoms with van der Waals surface area (Å²) >= 11 is 3.22. The van der Waals surface area contributed by atoms with Crippen molar-refractivity contribution in [3.63, 3.8) is 0 Å². The maximum absolute atomic E-state index is 13.5. The maximum Gasteiger partial charge on any atom is 0.161 e. The summed E-state index contributed by atoms with van der Waals surface area (Å²) in [6.45, 7) is 0. The predicted octanol–water partition coefficient (Wildman–Crippen LogP) is 3.54. The first-order chi connectivity index (χ1) is 8.97. The zero-order chi connectivity index (χ0) is 14.0. The summed E-state index contributed by atoms with van der Waals surface area (Å²) in [5.74, 6) is -3.45. The van der Waals surface area contributed by atoms with Crippen LogP contribution >= 0.6 is 15.9 Å². The Labute approximate surface area is 116 Å². The number of benzene rings is 1. The molecule has 0 fully saturated rings. The topological polar surface area (TPSA) is 33.1 Å². The van der Waals surface area contributed by atoms with Crippen molar-refractivity contribution in [2.75, 3.05) is 0 Å². The highest BCUT2D eigenvalue weighted by Gasteiger charge is 2.17. The number of hydrogen-bond acceptors (Lipinski definition) is 2. The van der Waals surface area contributed by atoms with Gasteiger partial charge in [-0.1, -0.05) is 0 Å². The molecule has 0 spiro atoms. The summed E-state index contributed by atoms with van der Waals surface area (Å²) < 4.78 is 40.0. The fraction of sp³-hybridized carbons (Fsp3) is 0.154. The van der Waals surface area contributed by atoms with Gasteiger partial charge in [-0.3, -0.25) is 4.98 Å². The Morgan fingerprint density at radius 3 is 2.42 bits per heavy atom. The van der Waals surface area contributed by atoms with Crippen molar-refractivity contribution >= 4 is 15.9 Å². The highest BCUT2D eigenvalue weighted by molar-refractivity contribution is 9.10.